The van der Waals surface area contributed by atoms with E-state index in [2.05, 4.69) is 24.5 Å². The highest BCUT2D eigenvalue weighted by Crippen LogP contribution is 2.09. The van der Waals surface area contributed by atoms with E-state index in [4.69, 9.17) is 5.26 Å². The second kappa shape index (κ2) is 6.71. The van der Waals surface area contributed by atoms with Gasteiger partial charge in [0.1, 0.15) is 0 Å². The smallest absolute Gasteiger partial charge is 0.178 e. The molecule has 0 atom stereocenters. The zero-order valence-electron chi connectivity index (χ0n) is 8.73. The maximum atomic E-state index is 11.6. The van der Waals surface area contributed by atoms with Crippen molar-refractivity contribution >= 4 is 18.4 Å². The second-order valence-corrected chi connectivity index (χ2v) is 3.53. The van der Waals surface area contributed by atoms with Gasteiger partial charge in [0.05, 0.1) is 12.5 Å². The van der Waals surface area contributed by atoms with Crippen molar-refractivity contribution in [2.45, 2.75) is 12.8 Å². The van der Waals surface area contributed by atoms with Gasteiger partial charge in [-0.05, 0) is 6.07 Å². The van der Waals surface area contributed by atoms with E-state index in [0.717, 1.165) is 0 Å². The summed E-state index contributed by atoms with van der Waals surface area (Å²) in [5.41, 5.74) is 1.21. The summed E-state index contributed by atoms with van der Waals surface area (Å²) in [4.78, 5) is 11.6. The lowest BCUT2D eigenvalue weighted by Gasteiger charge is -1.99. The Kier molecular flexibility index (Phi) is 5.19. The minimum Gasteiger partial charge on any atom is -0.293 e. The number of hydrogen-bond donors (Lipinski definition) is 1. The summed E-state index contributed by atoms with van der Waals surface area (Å²) in [5.74, 6) is 6.37. The van der Waals surface area contributed by atoms with Crippen LogP contribution in [0.1, 0.15) is 28.8 Å². The first-order chi connectivity index (χ1) is 7.79. The van der Waals surface area contributed by atoms with E-state index in [1.807, 2.05) is 12.1 Å². The van der Waals surface area contributed by atoms with Crippen molar-refractivity contribution in [2.24, 2.45) is 0 Å². The Hall–Kier alpha value is -1.71. The minimum atomic E-state index is -0.182. The molecule has 0 radical (unpaired) electrons. The molecule has 0 amide bonds. The number of carbonyl (C=O) groups is 1. The van der Waals surface area contributed by atoms with Gasteiger partial charge in [0.15, 0.2) is 5.78 Å². The fourth-order valence-corrected chi connectivity index (χ4v) is 1.33. The highest BCUT2D eigenvalue weighted by molar-refractivity contribution is 7.80. The summed E-state index contributed by atoms with van der Waals surface area (Å²) in [6.45, 7) is 0. The predicted octanol–water partition coefficient (Wildman–Crippen LogP) is 2.45. The molecule has 0 heterocycles. The molecule has 16 heavy (non-hydrogen) atoms. The van der Waals surface area contributed by atoms with Crippen LogP contribution in [0.25, 0.3) is 0 Å². The maximum Gasteiger partial charge on any atom is 0.178 e. The number of thiol groups is 1. The summed E-state index contributed by atoms with van der Waals surface area (Å²) in [6.07, 6.45) is 0.579. The van der Waals surface area contributed by atoms with Crippen LogP contribution >= 0.6 is 12.6 Å². The van der Waals surface area contributed by atoms with Gasteiger partial charge in [0.25, 0.3) is 0 Å². The molecule has 1 rings (SSSR count). The Morgan fingerprint density at radius 2 is 2.12 bits per heavy atom. The van der Waals surface area contributed by atoms with E-state index in [1.165, 1.54) is 0 Å². The second-order valence-electron chi connectivity index (χ2n) is 3.08. The molecule has 0 aliphatic heterocycles. The van der Waals surface area contributed by atoms with Gasteiger partial charge in [-0.3, -0.25) is 4.79 Å². The molecule has 0 unspecified atom stereocenters. The van der Waals surface area contributed by atoms with E-state index in [-0.39, 0.29) is 12.2 Å². The van der Waals surface area contributed by atoms with Gasteiger partial charge in [0, 0.05) is 23.3 Å². The Bertz CT molecular complexity index is 477. The van der Waals surface area contributed by atoms with Gasteiger partial charge in [-0.15, -0.1) is 0 Å². The van der Waals surface area contributed by atoms with Gasteiger partial charge >= 0.3 is 0 Å². The van der Waals surface area contributed by atoms with E-state index in [0.29, 0.717) is 23.3 Å². The number of carbonyl (C=O) groups excluding carboxylic acids is 1. The highest BCUT2D eigenvalue weighted by atomic mass is 32.1. The third-order valence-electron chi connectivity index (χ3n) is 1.93. The average Bonchev–Trinajstić information content (AvgIpc) is 2.30. The van der Waals surface area contributed by atoms with E-state index in [1.54, 1.807) is 18.2 Å². The third kappa shape index (κ3) is 3.46. The number of nitrogens with zero attached hydrogens (tertiary/aromatic N) is 1. The molecule has 0 spiro atoms. The van der Waals surface area contributed by atoms with Crippen LogP contribution in [-0.4, -0.2) is 11.5 Å². The minimum absolute atomic E-state index is 0.106. The Morgan fingerprint density at radius 3 is 2.81 bits per heavy atom. The highest BCUT2D eigenvalue weighted by Gasteiger charge is 2.08. The Morgan fingerprint density at radius 1 is 1.38 bits per heavy atom. The predicted molar refractivity (Wildman–Crippen MR) is 66.4 cm³/mol. The van der Waals surface area contributed by atoms with E-state index in [9.17, 15) is 4.79 Å². The van der Waals surface area contributed by atoms with Crippen molar-refractivity contribution in [3.05, 3.63) is 35.4 Å². The zero-order valence-corrected chi connectivity index (χ0v) is 9.63. The van der Waals surface area contributed by atoms with Gasteiger partial charge in [0.2, 0.25) is 0 Å². The molecular weight excluding hydrogens is 218 g/mol. The molecule has 0 aliphatic carbocycles. The van der Waals surface area contributed by atoms with Crippen LogP contribution in [0, 0.1) is 23.2 Å². The molecule has 0 aliphatic rings. The topological polar surface area (TPSA) is 40.9 Å². The normalized spacial score (nSPS) is 8.75. The first kappa shape index (κ1) is 12.4. The molecule has 1 aromatic rings. The van der Waals surface area contributed by atoms with Crippen molar-refractivity contribution in [3.8, 4) is 17.9 Å². The quantitative estimate of drug-likeness (QED) is 0.491. The molecule has 80 valence electrons. The lowest BCUT2D eigenvalue weighted by Crippen LogP contribution is -2.00. The molecule has 0 aromatic heterocycles. The lowest BCUT2D eigenvalue weighted by atomic mass is 10.0. The first-order valence-corrected chi connectivity index (χ1v) is 5.51. The molecule has 0 N–H and O–H groups in total. The van der Waals surface area contributed by atoms with Crippen LogP contribution in [0.5, 0.6) is 0 Å². The van der Waals surface area contributed by atoms with Crippen LogP contribution in [0.3, 0.4) is 0 Å². The van der Waals surface area contributed by atoms with Crippen molar-refractivity contribution in [1.29, 1.82) is 5.26 Å². The van der Waals surface area contributed by atoms with Crippen LogP contribution < -0.4 is 0 Å². The number of Topliss-reactive ketones (excluding diaryl/α,β-unsaturated/α-hetero) is 1. The summed E-state index contributed by atoms with van der Waals surface area (Å²) >= 11 is 4.05. The maximum absolute atomic E-state index is 11.6. The fraction of sp³-hybridized carbons (Fsp3) is 0.231. The molecule has 0 saturated heterocycles. The van der Waals surface area contributed by atoms with Crippen molar-refractivity contribution in [3.63, 3.8) is 0 Å². The Balaban J connectivity index is 2.98. The third-order valence-corrected chi connectivity index (χ3v) is 2.15. The number of ketones is 1. The van der Waals surface area contributed by atoms with Gasteiger partial charge < -0.3 is 0 Å². The number of nitriles is 1. The van der Waals surface area contributed by atoms with E-state index >= 15 is 0 Å². The van der Waals surface area contributed by atoms with Gasteiger partial charge in [-0.1, -0.05) is 30.0 Å². The van der Waals surface area contributed by atoms with Gasteiger partial charge in [-0.2, -0.15) is 17.9 Å². The van der Waals surface area contributed by atoms with Crippen molar-refractivity contribution in [2.75, 3.05) is 5.75 Å². The van der Waals surface area contributed by atoms with Crippen molar-refractivity contribution in [1.82, 2.24) is 0 Å². The largest absolute Gasteiger partial charge is 0.293 e. The Labute approximate surface area is 101 Å². The lowest BCUT2D eigenvalue weighted by molar-refractivity contribution is 0.0997. The number of rotatable bonds is 3. The molecule has 0 bridgehead atoms. The number of hydrogen-bond acceptors (Lipinski definition) is 3. The van der Waals surface area contributed by atoms with Crippen LogP contribution in [-0.2, 0) is 0 Å². The van der Waals surface area contributed by atoms with E-state index < -0.39 is 0 Å². The first-order valence-electron chi connectivity index (χ1n) is 4.88. The molecule has 2 nitrogen and oxygen atoms in total. The fourth-order valence-electron chi connectivity index (χ4n) is 1.22. The SMILES string of the molecule is N#CCC(=O)c1ccccc1C#CCCS. The van der Waals surface area contributed by atoms with Gasteiger partial charge in [-0.25, -0.2) is 0 Å². The zero-order chi connectivity index (χ0) is 11.8. The number of benzene rings is 1. The molecular formula is C13H11NOS. The van der Waals surface area contributed by atoms with Crippen molar-refractivity contribution < 1.29 is 4.79 Å². The summed E-state index contributed by atoms with van der Waals surface area (Å²) in [7, 11) is 0. The molecule has 1 aromatic carbocycles. The summed E-state index contributed by atoms with van der Waals surface area (Å²) in [6, 6.07) is 8.94. The van der Waals surface area contributed by atoms with Crippen LogP contribution in [0.15, 0.2) is 24.3 Å². The summed E-state index contributed by atoms with van der Waals surface area (Å²) in [5, 5.41) is 8.49. The van der Waals surface area contributed by atoms with Crippen LogP contribution in [0.4, 0.5) is 0 Å². The monoisotopic (exact) mass is 229 g/mol. The average molecular weight is 229 g/mol. The summed E-state index contributed by atoms with van der Waals surface area (Å²) < 4.78 is 0. The molecule has 0 saturated carbocycles. The standard InChI is InChI=1S/C13H11NOS/c14-9-8-13(15)12-7-2-1-5-11(12)6-3-4-10-16/h1-2,5,7,16H,4,8,10H2. The molecule has 0 fully saturated rings. The van der Waals surface area contributed by atoms with Crippen LogP contribution in [0.2, 0.25) is 0 Å². The molecule has 3 heteroatoms.